The molecule has 0 radical (unpaired) electrons. The van der Waals surface area contributed by atoms with Crippen LogP contribution in [0, 0.1) is 0 Å². The molecule has 2 nitrogen and oxygen atoms in total. The molecule has 1 rings (SSSR count). The normalized spacial score (nSPS) is 25.2. The van der Waals surface area contributed by atoms with E-state index in [1.165, 1.54) is 51.6 Å². The van der Waals surface area contributed by atoms with Crippen LogP contribution in [0.25, 0.3) is 0 Å². The molecule has 1 heterocycles. The second-order valence-electron chi connectivity index (χ2n) is 4.85. The van der Waals surface area contributed by atoms with Crippen molar-refractivity contribution in [2.75, 3.05) is 20.1 Å². The molecule has 15 heavy (non-hydrogen) atoms. The molecule has 1 aliphatic rings. The molecule has 0 spiro atoms. The van der Waals surface area contributed by atoms with E-state index in [4.69, 9.17) is 0 Å². The van der Waals surface area contributed by atoms with Gasteiger partial charge in [-0.25, -0.2) is 0 Å². The van der Waals surface area contributed by atoms with E-state index in [2.05, 4.69) is 31.1 Å². The quantitative estimate of drug-likeness (QED) is 0.753. The lowest BCUT2D eigenvalue weighted by atomic mass is 10.0. The fourth-order valence-corrected chi connectivity index (χ4v) is 2.74. The highest BCUT2D eigenvalue weighted by Gasteiger charge is 2.21. The lowest BCUT2D eigenvalue weighted by Crippen LogP contribution is -2.40. The van der Waals surface area contributed by atoms with Gasteiger partial charge < -0.3 is 10.2 Å². The van der Waals surface area contributed by atoms with Crippen molar-refractivity contribution in [1.29, 1.82) is 0 Å². The van der Waals surface area contributed by atoms with Crippen molar-refractivity contribution in [2.45, 2.75) is 64.5 Å². The zero-order chi connectivity index (χ0) is 11.1. The summed E-state index contributed by atoms with van der Waals surface area (Å²) >= 11 is 0. The van der Waals surface area contributed by atoms with Crippen molar-refractivity contribution in [3.63, 3.8) is 0 Å². The lowest BCUT2D eigenvalue weighted by Gasteiger charge is -2.34. The Labute approximate surface area is 95.4 Å². The zero-order valence-corrected chi connectivity index (χ0v) is 10.8. The lowest BCUT2D eigenvalue weighted by molar-refractivity contribution is 0.147. The first kappa shape index (κ1) is 13.0. The topological polar surface area (TPSA) is 15.3 Å². The van der Waals surface area contributed by atoms with E-state index in [0.29, 0.717) is 0 Å². The zero-order valence-electron chi connectivity index (χ0n) is 10.8. The predicted molar refractivity (Wildman–Crippen MR) is 67.3 cm³/mol. The number of rotatable bonds is 5. The van der Waals surface area contributed by atoms with Gasteiger partial charge in [0, 0.05) is 12.1 Å². The first-order chi connectivity index (χ1) is 7.29. The molecule has 0 aromatic heterocycles. The highest BCUT2D eigenvalue weighted by Crippen LogP contribution is 2.18. The number of hydrogen-bond acceptors (Lipinski definition) is 2. The molecule has 2 heteroatoms. The van der Waals surface area contributed by atoms with Crippen molar-refractivity contribution < 1.29 is 0 Å². The number of nitrogens with zero attached hydrogens (tertiary/aromatic N) is 1. The summed E-state index contributed by atoms with van der Waals surface area (Å²) in [5, 5.41) is 3.49. The van der Waals surface area contributed by atoms with Crippen LogP contribution in [0.3, 0.4) is 0 Å². The van der Waals surface area contributed by atoms with E-state index in [-0.39, 0.29) is 0 Å². The fraction of sp³-hybridized carbons (Fsp3) is 1.00. The highest BCUT2D eigenvalue weighted by molar-refractivity contribution is 4.78. The molecule has 90 valence electrons. The smallest absolute Gasteiger partial charge is 0.0108 e. The summed E-state index contributed by atoms with van der Waals surface area (Å²) in [7, 11) is 2.33. The van der Waals surface area contributed by atoms with Crippen LogP contribution in [-0.2, 0) is 0 Å². The van der Waals surface area contributed by atoms with Crippen LogP contribution in [-0.4, -0.2) is 37.1 Å². The molecule has 1 N–H and O–H groups in total. The Morgan fingerprint density at radius 3 is 2.73 bits per heavy atom. The summed E-state index contributed by atoms with van der Waals surface area (Å²) in [6.45, 7) is 7.05. The van der Waals surface area contributed by atoms with Gasteiger partial charge in [-0.05, 0) is 52.2 Å². The summed E-state index contributed by atoms with van der Waals surface area (Å²) in [5.74, 6) is 0. The van der Waals surface area contributed by atoms with Crippen LogP contribution >= 0.6 is 0 Å². The summed E-state index contributed by atoms with van der Waals surface area (Å²) in [6.07, 6.45) is 8.02. The molecule has 0 saturated carbocycles. The summed E-state index contributed by atoms with van der Waals surface area (Å²) in [4.78, 5) is 2.65. The molecule has 2 unspecified atom stereocenters. The monoisotopic (exact) mass is 212 g/mol. The van der Waals surface area contributed by atoms with Gasteiger partial charge in [0.1, 0.15) is 0 Å². The maximum absolute atomic E-state index is 3.49. The fourth-order valence-electron chi connectivity index (χ4n) is 2.74. The van der Waals surface area contributed by atoms with Gasteiger partial charge in [0.05, 0.1) is 0 Å². The first-order valence-electron chi connectivity index (χ1n) is 6.72. The van der Waals surface area contributed by atoms with E-state index in [0.717, 1.165) is 12.1 Å². The third-order valence-electron chi connectivity index (χ3n) is 3.79. The van der Waals surface area contributed by atoms with Crippen LogP contribution in [0.1, 0.15) is 52.4 Å². The molecule has 1 aliphatic heterocycles. The van der Waals surface area contributed by atoms with Crippen LogP contribution in [0.2, 0.25) is 0 Å². The molecule has 0 bridgehead atoms. The highest BCUT2D eigenvalue weighted by atomic mass is 15.2. The van der Waals surface area contributed by atoms with Gasteiger partial charge in [-0.2, -0.15) is 0 Å². The molecule has 0 aromatic rings. The Balaban J connectivity index is 2.43. The molecule has 2 atom stereocenters. The molecule has 0 amide bonds. The maximum Gasteiger partial charge on any atom is 0.0108 e. The second kappa shape index (κ2) is 7.24. The molecular weight excluding hydrogens is 184 g/mol. The maximum atomic E-state index is 3.49. The molecule has 1 saturated heterocycles. The van der Waals surface area contributed by atoms with Gasteiger partial charge >= 0.3 is 0 Å². The number of nitrogens with one attached hydrogen (secondary N) is 1. The van der Waals surface area contributed by atoms with E-state index in [1.807, 2.05) is 0 Å². The number of hydrogen-bond donors (Lipinski definition) is 1. The van der Waals surface area contributed by atoms with Crippen LogP contribution < -0.4 is 5.32 Å². The van der Waals surface area contributed by atoms with Gasteiger partial charge in [0.25, 0.3) is 0 Å². The Bertz CT molecular complexity index is 151. The van der Waals surface area contributed by atoms with Crippen molar-refractivity contribution in [1.82, 2.24) is 10.2 Å². The minimum atomic E-state index is 0.804. The molecule has 0 aromatic carbocycles. The summed E-state index contributed by atoms with van der Waals surface area (Å²) in [5.41, 5.74) is 0. The van der Waals surface area contributed by atoms with Gasteiger partial charge in [0.15, 0.2) is 0 Å². The van der Waals surface area contributed by atoms with Gasteiger partial charge in [-0.3, -0.25) is 0 Å². The Hall–Kier alpha value is -0.0800. The van der Waals surface area contributed by atoms with Crippen LogP contribution in [0.5, 0.6) is 0 Å². The standard InChI is InChI=1S/C13H28N2/c1-4-7-12(5-2)15(3)13-8-6-10-14-11-9-13/h12-14H,4-11H2,1-3H3. The third kappa shape index (κ3) is 4.12. The molecule has 1 fully saturated rings. The van der Waals surface area contributed by atoms with Crippen molar-refractivity contribution in [3.8, 4) is 0 Å². The second-order valence-corrected chi connectivity index (χ2v) is 4.85. The van der Waals surface area contributed by atoms with E-state index in [1.54, 1.807) is 0 Å². The average Bonchev–Trinajstić information content (AvgIpc) is 2.53. The van der Waals surface area contributed by atoms with Crippen LogP contribution in [0.4, 0.5) is 0 Å². The Kier molecular flexibility index (Phi) is 6.26. The van der Waals surface area contributed by atoms with E-state index < -0.39 is 0 Å². The minimum absolute atomic E-state index is 0.804. The Morgan fingerprint density at radius 2 is 2.07 bits per heavy atom. The summed E-state index contributed by atoms with van der Waals surface area (Å²) < 4.78 is 0. The Morgan fingerprint density at radius 1 is 1.27 bits per heavy atom. The predicted octanol–water partition coefficient (Wildman–Crippen LogP) is 2.64. The largest absolute Gasteiger partial charge is 0.317 e. The SMILES string of the molecule is CCCC(CC)N(C)C1CCCNCC1. The van der Waals surface area contributed by atoms with Crippen LogP contribution in [0.15, 0.2) is 0 Å². The van der Waals surface area contributed by atoms with E-state index in [9.17, 15) is 0 Å². The van der Waals surface area contributed by atoms with Crippen molar-refractivity contribution in [2.24, 2.45) is 0 Å². The first-order valence-corrected chi connectivity index (χ1v) is 6.72. The van der Waals surface area contributed by atoms with E-state index >= 15 is 0 Å². The molecule has 0 aliphatic carbocycles. The van der Waals surface area contributed by atoms with Gasteiger partial charge in [0.2, 0.25) is 0 Å². The minimum Gasteiger partial charge on any atom is -0.317 e. The van der Waals surface area contributed by atoms with Gasteiger partial charge in [-0.1, -0.05) is 20.3 Å². The molecular formula is C13H28N2. The summed E-state index contributed by atoms with van der Waals surface area (Å²) in [6, 6.07) is 1.62. The van der Waals surface area contributed by atoms with Gasteiger partial charge in [-0.15, -0.1) is 0 Å². The van der Waals surface area contributed by atoms with Crippen molar-refractivity contribution in [3.05, 3.63) is 0 Å². The third-order valence-corrected chi connectivity index (χ3v) is 3.79. The average molecular weight is 212 g/mol. The van der Waals surface area contributed by atoms with Crippen molar-refractivity contribution >= 4 is 0 Å².